The molecule has 0 bridgehead atoms. The largest absolute Gasteiger partial charge is 0.373 e. The zero-order valence-corrected chi connectivity index (χ0v) is 20.7. The predicted molar refractivity (Wildman–Crippen MR) is 123 cm³/mol. The third-order valence-electron chi connectivity index (χ3n) is 6.28. The molecule has 0 spiro atoms. The molecular weight excluding hydrogens is 448 g/mol. The van der Waals surface area contributed by atoms with Crippen LogP contribution in [-0.2, 0) is 19.6 Å². The Morgan fingerprint density at radius 2 is 1.70 bits per heavy atom. The molecule has 0 saturated carbocycles. The van der Waals surface area contributed by atoms with Gasteiger partial charge in [-0.05, 0) is 32.3 Å². The van der Waals surface area contributed by atoms with Crippen LogP contribution in [0.1, 0.15) is 33.3 Å². The standard InChI is InChI=1S/C22H34N4O6S/c1-15(2)21(24-13-17(4)32-18(5)14-24)22(27)23-8-10-25(11-9-23)33(30,31)20-12-19(26(28)29)7-6-16(20)3/h6-7,12,15,17-18,21H,8-11,13-14H2,1-5H3. The van der Waals surface area contributed by atoms with Crippen LogP contribution in [0.5, 0.6) is 0 Å². The second-order valence-corrected chi connectivity index (χ2v) is 11.2. The lowest BCUT2D eigenvalue weighted by Crippen LogP contribution is -2.60. The zero-order valence-electron chi connectivity index (χ0n) is 19.9. The Bertz CT molecular complexity index is 981. The molecule has 2 heterocycles. The maximum absolute atomic E-state index is 13.5. The highest BCUT2D eigenvalue weighted by atomic mass is 32.2. The minimum atomic E-state index is -3.91. The molecule has 2 saturated heterocycles. The molecule has 0 radical (unpaired) electrons. The number of hydrogen-bond acceptors (Lipinski definition) is 7. The summed E-state index contributed by atoms with van der Waals surface area (Å²) in [4.78, 5) is 27.8. The lowest BCUT2D eigenvalue weighted by molar-refractivity contribution is -0.385. The normalized spacial score (nSPS) is 24.1. The molecule has 3 unspecified atom stereocenters. The highest BCUT2D eigenvalue weighted by Gasteiger charge is 2.39. The molecule has 2 fully saturated rings. The van der Waals surface area contributed by atoms with Crippen LogP contribution in [0.3, 0.4) is 0 Å². The average Bonchev–Trinajstić information content (AvgIpc) is 2.73. The number of carbonyl (C=O) groups is 1. The van der Waals surface area contributed by atoms with E-state index in [0.717, 1.165) is 6.07 Å². The van der Waals surface area contributed by atoms with Crippen LogP contribution in [0.4, 0.5) is 5.69 Å². The van der Waals surface area contributed by atoms with E-state index >= 15 is 0 Å². The van der Waals surface area contributed by atoms with Gasteiger partial charge in [-0.25, -0.2) is 8.42 Å². The Hall–Kier alpha value is -2.08. The first-order valence-corrected chi connectivity index (χ1v) is 12.8. The molecule has 2 aliphatic heterocycles. The van der Waals surface area contributed by atoms with Crippen molar-refractivity contribution < 1.29 is 22.9 Å². The van der Waals surface area contributed by atoms with Crippen LogP contribution in [0.2, 0.25) is 0 Å². The van der Waals surface area contributed by atoms with Crippen LogP contribution in [0.15, 0.2) is 23.1 Å². The quantitative estimate of drug-likeness (QED) is 0.449. The van der Waals surface area contributed by atoms with Gasteiger partial charge in [0.25, 0.3) is 5.69 Å². The fourth-order valence-electron chi connectivity index (χ4n) is 4.76. The highest BCUT2D eigenvalue weighted by Crippen LogP contribution is 2.26. The molecular formula is C22H34N4O6S. The van der Waals surface area contributed by atoms with Gasteiger partial charge in [-0.2, -0.15) is 4.31 Å². The lowest BCUT2D eigenvalue weighted by Gasteiger charge is -2.44. The summed E-state index contributed by atoms with van der Waals surface area (Å²) >= 11 is 0. The SMILES string of the molecule is Cc1ccc([N+](=O)[O-])cc1S(=O)(=O)N1CCN(C(=O)C(C(C)C)N2CC(C)OC(C)C2)CC1. The van der Waals surface area contributed by atoms with Crippen molar-refractivity contribution in [2.75, 3.05) is 39.3 Å². The number of non-ortho nitro benzene ring substituents is 1. The number of amides is 1. The second-order valence-electron chi connectivity index (χ2n) is 9.34. The van der Waals surface area contributed by atoms with Crippen molar-refractivity contribution in [2.24, 2.45) is 5.92 Å². The van der Waals surface area contributed by atoms with E-state index in [1.54, 1.807) is 11.8 Å². The predicted octanol–water partition coefficient (Wildman–Crippen LogP) is 1.87. The van der Waals surface area contributed by atoms with Gasteiger partial charge in [-0.3, -0.25) is 19.8 Å². The average molecular weight is 483 g/mol. The number of aryl methyl sites for hydroxylation is 1. The number of sulfonamides is 1. The van der Waals surface area contributed by atoms with E-state index in [9.17, 15) is 23.3 Å². The van der Waals surface area contributed by atoms with E-state index < -0.39 is 14.9 Å². The number of rotatable bonds is 6. The summed E-state index contributed by atoms with van der Waals surface area (Å²) in [6, 6.07) is 3.56. The monoisotopic (exact) mass is 482 g/mol. The van der Waals surface area contributed by atoms with Gasteiger partial charge in [-0.15, -0.1) is 0 Å². The third kappa shape index (κ3) is 5.53. The Morgan fingerprint density at radius 1 is 1.12 bits per heavy atom. The smallest absolute Gasteiger partial charge is 0.270 e. The maximum atomic E-state index is 13.5. The molecule has 184 valence electrons. The summed E-state index contributed by atoms with van der Waals surface area (Å²) in [7, 11) is -3.91. The molecule has 11 heteroatoms. The van der Waals surface area contributed by atoms with Crippen molar-refractivity contribution in [3.05, 3.63) is 33.9 Å². The summed E-state index contributed by atoms with van der Waals surface area (Å²) in [5, 5.41) is 11.1. The van der Waals surface area contributed by atoms with Gasteiger partial charge in [0, 0.05) is 51.4 Å². The molecule has 1 aromatic rings. The topological polar surface area (TPSA) is 113 Å². The first-order valence-electron chi connectivity index (χ1n) is 11.3. The van der Waals surface area contributed by atoms with E-state index in [4.69, 9.17) is 4.74 Å². The summed E-state index contributed by atoms with van der Waals surface area (Å²) in [5.74, 6) is 0.110. The summed E-state index contributed by atoms with van der Waals surface area (Å²) < 4.78 is 33.5. The number of nitro groups is 1. The second kappa shape index (κ2) is 10.0. The Morgan fingerprint density at radius 3 is 2.21 bits per heavy atom. The van der Waals surface area contributed by atoms with Gasteiger partial charge < -0.3 is 9.64 Å². The molecule has 10 nitrogen and oxygen atoms in total. The van der Waals surface area contributed by atoms with Crippen LogP contribution >= 0.6 is 0 Å². The maximum Gasteiger partial charge on any atom is 0.270 e. The Kier molecular flexibility index (Phi) is 7.77. The van der Waals surface area contributed by atoms with Crippen LogP contribution in [0.25, 0.3) is 0 Å². The first kappa shape index (κ1) is 25.5. The first-order chi connectivity index (χ1) is 15.4. The molecule has 3 atom stereocenters. The minimum absolute atomic E-state index is 0.00915. The van der Waals surface area contributed by atoms with Crippen molar-refractivity contribution in [1.29, 1.82) is 0 Å². The molecule has 0 aromatic heterocycles. The molecule has 0 N–H and O–H groups in total. The minimum Gasteiger partial charge on any atom is -0.373 e. The summed E-state index contributed by atoms with van der Waals surface area (Å²) in [5.41, 5.74) is 0.191. The third-order valence-corrected chi connectivity index (χ3v) is 8.32. The molecule has 3 rings (SSSR count). The van der Waals surface area contributed by atoms with Crippen LogP contribution in [-0.4, -0.2) is 90.9 Å². The molecule has 33 heavy (non-hydrogen) atoms. The van der Waals surface area contributed by atoms with Gasteiger partial charge in [0.05, 0.1) is 28.1 Å². The number of piperazine rings is 1. The van der Waals surface area contributed by atoms with Gasteiger partial charge in [-0.1, -0.05) is 19.9 Å². The van der Waals surface area contributed by atoms with Crippen LogP contribution in [0, 0.1) is 23.0 Å². The molecule has 2 aliphatic rings. The summed E-state index contributed by atoms with van der Waals surface area (Å²) in [6.07, 6.45) is 0.0888. The van der Waals surface area contributed by atoms with E-state index in [2.05, 4.69) is 4.90 Å². The number of morpholine rings is 1. The van der Waals surface area contributed by atoms with E-state index in [1.807, 2.05) is 27.7 Å². The number of hydrogen-bond donors (Lipinski definition) is 0. The van der Waals surface area contributed by atoms with E-state index in [-0.39, 0.29) is 66.8 Å². The highest BCUT2D eigenvalue weighted by molar-refractivity contribution is 7.89. The fraction of sp³-hybridized carbons (Fsp3) is 0.682. The van der Waals surface area contributed by atoms with Crippen molar-refractivity contribution in [3.8, 4) is 0 Å². The van der Waals surface area contributed by atoms with Gasteiger partial charge in [0.2, 0.25) is 15.9 Å². The van der Waals surface area contributed by atoms with Gasteiger partial charge in [0.15, 0.2) is 0 Å². The zero-order chi connectivity index (χ0) is 24.5. The number of carbonyl (C=O) groups excluding carboxylic acids is 1. The molecule has 0 aliphatic carbocycles. The summed E-state index contributed by atoms with van der Waals surface area (Å²) in [6.45, 7) is 11.9. The number of nitrogens with zero attached hydrogens (tertiary/aromatic N) is 4. The van der Waals surface area contributed by atoms with Crippen LogP contribution < -0.4 is 0 Å². The fourth-order valence-corrected chi connectivity index (χ4v) is 6.43. The number of benzene rings is 1. The Balaban J connectivity index is 1.72. The van der Waals surface area contributed by atoms with Crippen molar-refractivity contribution in [2.45, 2.75) is 57.8 Å². The molecule has 1 amide bonds. The van der Waals surface area contributed by atoms with Crippen molar-refractivity contribution in [1.82, 2.24) is 14.1 Å². The molecule has 1 aromatic carbocycles. The number of ether oxygens (including phenoxy) is 1. The van der Waals surface area contributed by atoms with Crippen molar-refractivity contribution >= 4 is 21.6 Å². The van der Waals surface area contributed by atoms with Crippen molar-refractivity contribution in [3.63, 3.8) is 0 Å². The van der Waals surface area contributed by atoms with E-state index in [0.29, 0.717) is 18.7 Å². The number of nitro benzene ring substituents is 1. The lowest BCUT2D eigenvalue weighted by atomic mass is 9.98. The van der Waals surface area contributed by atoms with Gasteiger partial charge in [0.1, 0.15) is 0 Å². The Labute approximate surface area is 195 Å². The van der Waals surface area contributed by atoms with E-state index in [1.165, 1.54) is 16.4 Å². The van der Waals surface area contributed by atoms with Gasteiger partial charge >= 0.3 is 0 Å².